The van der Waals surface area contributed by atoms with Gasteiger partial charge in [0.2, 0.25) is 0 Å². The van der Waals surface area contributed by atoms with E-state index in [2.05, 4.69) is 10.1 Å². The molecule has 1 amide bonds. The van der Waals surface area contributed by atoms with Crippen LogP contribution in [0.15, 0.2) is 18.2 Å². The average molecular weight is 291 g/mol. The monoisotopic (exact) mass is 291 g/mol. The number of aromatic carboxylic acids is 1. The molecule has 0 saturated carbocycles. The Kier molecular flexibility index (Phi) is 4.95. The van der Waals surface area contributed by atoms with Crippen molar-refractivity contribution in [2.75, 3.05) is 6.61 Å². The first-order valence-corrected chi connectivity index (χ1v) is 5.59. The quantitative estimate of drug-likeness (QED) is 0.894. The van der Waals surface area contributed by atoms with Crippen molar-refractivity contribution >= 4 is 12.1 Å². The molecule has 0 aliphatic rings. The summed E-state index contributed by atoms with van der Waals surface area (Å²) in [6, 6.07) is 2.59. The van der Waals surface area contributed by atoms with Gasteiger partial charge in [-0.05, 0) is 24.6 Å². The van der Waals surface area contributed by atoms with Gasteiger partial charge < -0.3 is 15.2 Å². The van der Waals surface area contributed by atoms with Crippen LogP contribution in [-0.2, 0) is 17.5 Å². The molecule has 1 aromatic carbocycles. The van der Waals surface area contributed by atoms with E-state index in [9.17, 15) is 22.8 Å². The molecule has 0 fully saturated rings. The van der Waals surface area contributed by atoms with Gasteiger partial charge in [-0.25, -0.2) is 9.59 Å². The molecule has 0 unspecified atom stereocenters. The molecular formula is C12H12F3NO4. The number of hydrogen-bond acceptors (Lipinski definition) is 3. The van der Waals surface area contributed by atoms with Gasteiger partial charge in [-0.2, -0.15) is 13.2 Å². The highest BCUT2D eigenvalue weighted by Gasteiger charge is 2.34. The van der Waals surface area contributed by atoms with Crippen LogP contribution in [0.2, 0.25) is 0 Å². The van der Waals surface area contributed by atoms with E-state index in [-0.39, 0.29) is 12.2 Å². The molecule has 0 bridgehead atoms. The first-order chi connectivity index (χ1) is 9.25. The molecule has 20 heavy (non-hydrogen) atoms. The fourth-order valence-corrected chi connectivity index (χ4v) is 1.48. The summed E-state index contributed by atoms with van der Waals surface area (Å²) in [4.78, 5) is 21.7. The van der Waals surface area contributed by atoms with Crippen molar-refractivity contribution in [1.82, 2.24) is 5.32 Å². The lowest BCUT2D eigenvalue weighted by Crippen LogP contribution is -2.25. The SMILES string of the molecule is CCOC(=O)NCc1ccc(C(=O)O)cc1C(F)(F)F. The molecular weight excluding hydrogens is 279 g/mol. The van der Waals surface area contributed by atoms with E-state index in [0.29, 0.717) is 6.07 Å². The molecule has 5 nitrogen and oxygen atoms in total. The standard InChI is InChI=1S/C12H12F3NO4/c1-2-20-11(19)16-6-8-4-3-7(10(17)18)5-9(8)12(13,14)15/h3-5H,2,6H2,1H3,(H,16,19)(H,17,18). The molecule has 0 atom stereocenters. The summed E-state index contributed by atoms with van der Waals surface area (Å²) in [7, 11) is 0. The van der Waals surface area contributed by atoms with Crippen LogP contribution >= 0.6 is 0 Å². The third-order valence-corrected chi connectivity index (χ3v) is 2.36. The molecule has 0 aliphatic heterocycles. The van der Waals surface area contributed by atoms with Gasteiger partial charge in [-0.15, -0.1) is 0 Å². The number of carboxylic acids is 1. The Morgan fingerprint density at radius 2 is 2.00 bits per heavy atom. The molecule has 110 valence electrons. The van der Waals surface area contributed by atoms with Crippen molar-refractivity contribution < 1.29 is 32.6 Å². The third-order valence-electron chi connectivity index (χ3n) is 2.36. The Hall–Kier alpha value is -2.25. The summed E-state index contributed by atoms with van der Waals surface area (Å²) in [5, 5.41) is 10.8. The van der Waals surface area contributed by atoms with Crippen molar-refractivity contribution in [3.63, 3.8) is 0 Å². The normalized spacial score (nSPS) is 11.0. The zero-order chi connectivity index (χ0) is 15.3. The topological polar surface area (TPSA) is 75.6 Å². The highest BCUT2D eigenvalue weighted by atomic mass is 19.4. The van der Waals surface area contributed by atoms with E-state index in [1.54, 1.807) is 6.92 Å². The van der Waals surface area contributed by atoms with Crippen molar-refractivity contribution in [3.05, 3.63) is 34.9 Å². The maximum Gasteiger partial charge on any atom is 0.416 e. The first-order valence-electron chi connectivity index (χ1n) is 5.59. The van der Waals surface area contributed by atoms with Crippen LogP contribution in [0.4, 0.5) is 18.0 Å². The number of alkyl halides is 3. The molecule has 0 spiro atoms. The number of carboxylic acid groups (broad SMARTS) is 1. The van der Waals surface area contributed by atoms with Gasteiger partial charge in [0, 0.05) is 6.54 Å². The summed E-state index contributed by atoms with van der Waals surface area (Å²) < 4.78 is 43.0. The number of hydrogen-bond donors (Lipinski definition) is 2. The second-order valence-corrected chi connectivity index (χ2v) is 3.75. The molecule has 1 rings (SSSR count). The third kappa shape index (κ3) is 4.15. The number of carbonyl (C=O) groups is 2. The van der Waals surface area contributed by atoms with Gasteiger partial charge in [-0.3, -0.25) is 0 Å². The lowest BCUT2D eigenvalue weighted by atomic mass is 10.0. The van der Waals surface area contributed by atoms with Crippen LogP contribution in [-0.4, -0.2) is 23.8 Å². The van der Waals surface area contributed by atoms with Crippen LogP contribution in [0.1, 0.15) is 28.4 Å². The highest BCUT2D eigenvalue weighted by molar-refractivity contribution is 5.88. The molecule has 2 N–H and O–H groups in total. The first kappa shape index (κ1) is 15.8. The van der Waals surface area contributed by atoms with Crippen molar-refractivity contribution in [2.45, 2.75) is 19.6 Å². The van der Waals surface area contributed by atoms with Crippen LogP contribution in [0, 0.1) is 0 Å². The van der Waals surface area contributed by atoms with Crippen molar-refractivity contribution in [2.24, 2.45) is 0 Å². The zero-order valence-corrected chi connectivity index (χ0v) is 10.5. The minimum atomic E-state index is -4.71. The van der Waals surface area contributed by atoms with E-state index in [1.807, 2.05) is 0 Å². The highest BCUT2D eigenvalue weighted by Crippen LogP contribution is 2.32. The largest absolute Gasteiger partial charge is 0.478 e. The molecule has 0 aliphatic carbocycles. The molecule has 1 aromatic rings. The number of nitrogens with one attached hydrogen (secondary N) is 1. The van der Waals surface area contributed by atoms with Crippen LogP contribution in [0.5, 0.6) is 0 Å². The van der Waals surface area contributed by atoms with Crippen molar-refractivity contribution in [1.29, 1.82) is 0 Å². The number of ether oxygens (including phenoxy) is 1. The van der Waals surface area contributed by atoms with Gasteiger partial charge in [-0.1, -0.05) is 6.07 Å². The molecule has 0 radical (unpaired) electrons. The Morgan fingerprint density at radius 3 is 2.50 bits per heavy atom. The van der Waals surface area contributed by atoms with Gasteiger partial charge >= 0.3 is 18.2 Å². The maximum atomic E-state index is 12.8. The lowest BCUT2D eigenvalue weighted by Gasteiger charge is -2.14. The Morgan fingerprint density at radius 1 is 1.35 bits per heavy atom. The lowest BCUT2D eigenvalue weighted by molar-refractivity contribution is -0.138. The number of amides is 1. The summed E-state index contributed by atoms with van der Waals surface area (Å²) in [5.41, 5.74) is -1.82. The van der Waals surface area contributed by atoms with Crippen LogP contribution < -0.4 is 5.32 Å². The molecule has 8 heteroatoms. The number of rotatable bonds is 4. The Labute approximate surface area is 112 Å². The van der Waals surface area contributed by atoms with E-state index >= 15 is 0 Å². The summed E-state index contributed by atoms with van der Waals surface area (Å²) >= 11 is 0. The van der Waals surface area contributed by atoms with E-state index < -0.39 is 35.9 Å². The van der Waals surface area contributed by atoms with Crippen molar-refractivity contribution in [3.8, 4) is 0 Å². The fourth-order valence-electron chi connectivity index (χ4n) is 1.48. The fraction of sp³-hybridized carbons (Fsp3) is 0.333. The van der Waals surface area contributed by atoms with Crippen LogP contribution in [0.3, 0.4) is 0 Å². The minimum Gasteiger partial charge on any atom is -0.478 e. The maximum absolute atomic E-state index is 12.8. The summed E-state index contributed by atoms with van der Waals surface area (Å²) in [6.45, 7) is 1.24. The predicted molar refractivity (Wildman–Crippen MR) is 62.3 cm³/mol. The van der Waals surface area contributed by atoms with E-state index in [1.165, 1.54) is 0 Å². The van der Waals surface area contributed by atoms with Gasteiger partial charge in [0.1, 0.15) is 0 Å². The Balaban J connectivity index is 3.01. The number of benzene rings is 1. The van der Waals surface area contributed by atoms with Gasteiger partial charge in [0.15, 0.2) is 0 Å². The average Bonchev–Trinajstić information content (AvgIpc) is 2.35. The second kappa shape index (κ2) is 6.27. The van der Waals surface area contributed by atoms with E-state index in [4.69, 9.17) is 5.11 Å². The molecule has 0 heterocycles. The molecule has 0 saturated heterocycles. The summed E-state index contributed by atoms with van der Waals surface area (Å²) in [5.74, 6) is -1.46. The number of carbonyl (C=O) groups excluding carboxylic acids is 1. The second-order valence-electron chi connectivity index (χ2n) is 3.75. The minimum absolute atomic E-state index is 0.0932. The smallest absolute Gasteiger partial charge is 0.416 e. The summed E-state index contributed by atoms with van der Waals surface area (Å²) in [6.07, 6.45) is -5.56. The van der Waals surface area contributed by atoms with Gasteiger partial charge in [0.25, 0.3) is 0 Å². The molecule has 0 aromatic heterocycles. The van der Waals surface area contributed by atoms with Gasteiger partial charge in [0.05, 0.1) is 17.7 Å². The number of halogens is 3. The Bertz CT molecular complexity index is 514. The van der Waals surface area contributed by atoms with E-state index in [0.717, 1.165) is 12.1 Å². The number of alkyl carbamates (subject to hydrolysis) is 1. The zero-order valence-electron chi connectivity index (χ0n) is 10.5. The predicted octanol–water partition coefficient (Wildman–Crippen LogP) is 2.65. The van der Waals surface area contributed by atoms with Crippen LogP contribution in [0.25, 0.3) is 0 Å².